The molecule has 0 bridgehead atoms. The average Bonchev–Trinajstić information content (AvgIpc) is 3.33. The van der Waals surface area contributed by atoms with Crippen molar-refractivity contribution in [3.05, 3.63) is 42.4 Å². The van der Waals surface area contributed by atoms with E-state index in [0.717, 1.165) is 18.9 Å². The number of anilines is 2. The predicted octanol–water partition coefficient (Wildman–Crippen LogP) is 3.64. The highest BCUT2D eigenvalue weighted by molar-refractivity contribution is 5.89. The maximum Gasteiger partial charge on any atom is 0.419 e. The first-order chi connectivity index (χ1) is 14.8. The SMILES string of the molecule is COC[C@@H]1CCCN1C(=O)Nc1cn2cc(-c3cnc(N)c(C(F)(F)F)c3)ccc2n1. The van der Waals surface area contributed by atoms with Gasteiger partial charge in [-0.1, -0.05) is 0 Å². The topological polar surface area (TPSA) is 97.8 Å². The van der Waals surface area contributed by atoms with E-state index in [1.54, 1.807) is 40.9 Å². The Morgan fingerprint density at radius 3 is 2.87 bits per heavy atom. The highest BCUT2D eigenvalue weighted by atomic mass is 19.4. The van der Waals surface area contributed by atoms with Crippen LogP contribution in [0.2, 0.25) is 0 Å². The summed E-state index contributed by atoms with van der Waals surface area (Å²) in [5.74, 6) is -0.227. The molecule has 4 heterocycles. The number of rotatable bonds is 4. The average molecular weight is 434 g/mol. The lowest BCUT2D eigenvalue weighted by atomic mass is 10.1. The predicted molar refractivity (Wildman–Crippen MR) is 108 cm³/mol. The number of ether oxygens (including phenoxy) is 1. The number of hydrogen-bond acceptors (Lipinski definition) is 5. The molecule has 164 valence electrons. The quantitative estimate of drug-likeness (QED) is 0.653. The Kier molecular flexibility index (Phi) is 5.44. The van der Waals surface area contributed by atoms with E-state index in [-0.39, 0.29) is 17.6 Å². The molecular formula is C20H21F3N6O2. The molecule has 1 aliphatic rings. The number of nitrogen functional groups attached to an aromatic ring is 1. The van der Waals surface area contributed by atoms with Crippen LogP contribution in [0, 0.1) is 0 Å². The summed E-state index contributed by atoms with van der Waals surface area (Å²) < 4.78 is 46.2. The number of carbonyl (C=O) groups is 1. The fraction of sp³-hybridized carbons (Fsp3) is 0.350. The van der Waals surface area contributed by atoms with Gasteiger partial charge in [-0.2, -0.15) is 13.2 Å². The van der Waals surface area contributed by atoms with Gasteiger partial charge in [0, 0.05) is 37.2 Å². The maximum atomic E-state index is 13.1. The summed E-state index contributed by atoms with van der Waals surface area (Å²) in [6, 6.07) is 4.01. The minimum Gasteiger partial charge on any atom is -0.383 e. The molecule has 1 atom stereocenters. The molecule has 1 aliphatic heterocycles. The Labute approximate surface area is 175 Å². The van der Waals surface area contributed by atoms with Gasteiger partial charge in [-0.25, -0.2) is 14.8 Å². The summed E-state index contributed by atoms with van der Waals surface area (Å²) in [5, 5.41) is 2.78. The number of nitrogens with two attached hydrogens (primary N) is 1. The second kappa shape index (κ2) is 8.06. The highest BCUT2D eigenvalue weighted by Gasteiger charge is 2.34. The number of fused-ring (bicyclic) bond motifs is 1. The number of nitrogens with one attached hydrogen (secondary N) is 1. The Balaban J connectivity index is 1.57. The minimum atomic E-state index is -4.60. The summed E-state index contributed by atoms with van der Waals surface area (Å²) in [5.41, 5.74) is 5.69. The van der Waals surface area contributed by atoms with Gasteiger partial charge in [0.15, 0.2) is 5.82 Å². The molecule has 2 amide bonds. The standard InChI is InChI=1S/C20H21F3N6O2/c1-31-11-14-3-2-6-29(14)19(30)27-16-10-28-9-12(4-5-17(28)26-16)13-7-15(20(21,22)23)18(24)25-8-13/h4-5,7-10,14H,2-3,6,11H2,1H3,(H2,24,25)(H,27,30)/t14-/m0/s1. The number of aromatic nitrogens is 3. The van der Waals surface area contributed by atoms with Crippen molar-refractivity contribution in [3.8, 4) is 11.1 Å². The smallest absolute Gasteiger partial charge is 0.383 e. The molecule has 3 N–H and O–H groups in total. The van der Waals surface area contributed by atoms with Crippen LogP contribution in [-0.4, -0.2) is 51.6 Å². The molecule has 4 rings (SSSR count). The van der Waals surface area contributed by atoms with Crippen LogP contribution >= 0.6 is 0 Å². The Morgan fingerprint density at radius 1 is 1.32 bits per heavy atom. The van der Waals surface area contributed by atoms with Gasteiger partial charge in [-0.15, -0.1) is 0 Å². The van der Waals surface area contributed by atoms with E-state index in [4.69, 9.17) is 10.5 Å². The van der Waals surface area contributed by atoms with Gasteiger partial charge in [-0.3, -0.25) is 5.32 Å². The second-order valence-corrected chi connectivity index (χ2v) is 7.34. The Morgan fingerprint density at radius 2 is 2.13 bits per heavy atom. The normalized spacial score (nSPS) is 16.8. The van der Waals surface area contributed by atoms with Gasteiger partial charge in [0.1, 0.15) is 11.5 Å². The van der Waals surface area contributed by atoms with Crippen LogP contribution in [0.15, 0.2) is 36.8 Å². The molecular weight excluding hydrogens is 413 g/mol. The monoisotopic (exact) mass is 434 g/mol. The number of nitrogens with zero attached hydrogens (tertiary/aromatic N) is 4. The van der Waals surface area contributed by atoms with Crippen LogP contribution in [0.5, 0.6) is 0 Å². The van der Waals surface area contributed by atoms with Crippen LogP contribution in [0.25, 0.3) is 16.8 Å². The number of urea groups is 1. The third kappa shape index (κ3) is 4.26. The lowest BCUT2D eigenvalue weighted by Crippen LogP contribution is -2.40. The fourth-order valence-electron chi connectivity index (χ4n) is 3.73. The van der Waals surface area contributed by atoms with Gasteiger partial charge >= 0.3 is 12.2 Å². The van der Waals surface area contributed by atoms with Crippen molar-refractivity contribution in [3.63, 3.8) is 0 Å². The van der Waals surface area contributed by atoms with Crippen molar-refractivity contribution >= 4 is 23.3 Å². The molecule has 3 aromatic heterocycles. The Bertz CT molecular complexity index is 1110. The first-order valence-electron chi connectivity index (χ1n) is 9.64. The van der Waals surface area contributed by atoms with Crippen molar-refractivity contribution < 1.29 is 22.7 Å². The van der Waals surface area contributed by atoms with Crippen molar-refractivity contribution in [2.45, 2.75) is 25.1 Å². The maximum absolute atomic E-state index is 13.1. The zero-order chi connectivity index (χ0) is 22.2. The molecule has 0 radical (unpaired) electrons. The molecule has 0 saturated carbocycles. The second-order valence-electron chi connectivity index (χ2n) is 7.34. The summed E-state index contributed by atoms with van der Waals surface area (Å²) >= 11 is 0. The summed E-state index contributed by atoms with van der Waals surface area (Å²) in [6.45, 7) is 1.11. The third-order valence-electron chi connectivity index (χ3n) is 5.24. The molecule has 1 fully saturated rings. The Hall–Kier alpha value is -3.34. The molecule has 0 unspecified atom stereocenters. The zero-order valence-electron chi connectivity index (χ0n) is 16.7. The van der Waals surface area contributed by atoms with E-state index in [9.17, 15) is 18.0 Å². The first-order valence-corrected chi connectivity index (χ1v) is 9.64. The number of pyridine rings is 2. The van der Waals surface area contributed by atoms with Crippen LogP contribution < -0.4 is 11.1 Å². The highest BCUT2D eigenvalue weighted by Crippen LogP contribution is 2.35. The van der Waals surface area contributed by atoms with E-state index in [0.29, 0.717) is 30.2 Å². The van der Waals surface area contributed by atoms with Gasteiger partial charge in [0.2, 0.25) is 0 Å². The molecule has 0 spiro atoms. The molecule has 0 aromatic carbocycles. The molecule has 1 saturated heterocycles. The van der Waals surface area contributed by atoms with Gasteiger partial charge in [0.05, 0.1) is 24.4 Å². The fourth-order valence-corrected chi connectivity index (χ4v) is 3.73. The van der Waals surface area contributed by atoms with E-state index in [1.807, 2.05) is 0 Å². The van der Waals surface area contributed by atoms with Crippen molar-refractivity contribution in [1.82, 2.24) is 19.3 Å². The first kappa shape index (κ1) is 20.9. The summed E-state index contributed by atoms with van der Waals surface area (Å²) in [4.78, 5) is 22.4. The molecule has 31 heavy (non-hydrogen) atoms. The molecule has 0 aliphatic carbocycles. The van der Waals surface area contributed by atoms with E-state index < -0.39 is 17.6 Å². The zero-order valence-corrected chi connectivity index (χ0v) is 16.7. The van der Waals surface area contributed by atoms with Crippen molar-refractivity contribution in [1.29, 1.82) is 0 Å². The van der Waals surface area contributed by atoms with Gasteiger partial charge in [0.25, 0.3) is 0 Å². The van der Waals surface area contributed by atoms with Crippen molar-refractivity contribution in [2.75, 3.05) is 31.3 Å². The summed E-state index contributed by atoms with van der Waals surface area (Å²) in [6.07, 6.45) is 1.70. The van der Waals surface area contributed by atoms with Crippen LogP contribution in [0.4, 0.5) is 29.6 Å². The number of carbonyl (C=O) groups excluding carboxylic acids is 1. The minimum absolute atomic E-state index is 0.0227. The number of hydrogen-bond donors (Lipinski definition) is 2. The lowest BCUT2D eigenvalue weighted by Gasteiger charge is -2.23. The van der Waals surface area contributed by atoms with Crippen molar-refractivity contribution in [2.24, 2.45) is 0 Å². The largest absolute Gasteiger partial charge is 0.419 e. The van der Waals surface area contributed by atoms with Crippen LogP contribution in [0.3, 0.4) is 0 Å². The number of alkyl halides is 3. The molecule has 3 aromatic rings. The summed E-state index contributed by atoms with van der Waals surface area (Å²) in [7, 11) is 1.60. The van der Waals surface area contributed by atoms with Crippen LogP contribution in [0.1, 0.15) is 18.4 Å². The van der Waals surface area contributed by atoms with E-state index in [2.05, 4.69) is 15.3 Å². The van der Waals surface area contributed by atoms with Crippen LogP contribution in [-0.2, 0) is 10.9 Å². The third-order valence-corrected chi connectivity index (χ3v) is 5.24. The number of imidazole rings is 1. The lowest BCUT2D eigenvalue weighted by molar-refractivity contribution is -0.137. The number of methoxy groups -OCH3 is 1. The molecule has 8 nitrogen and oxygen atoms in total. The molecule has 11 heteroatoms. The number of halogens is 3. The van der Waals surface area contributed by atoms with E-state index in [1.165, 1.54) is 6.20 Å². The number of amides is 2. The van der Waals surface area contributed by atoms with Gasteiger partial charge < -0.3 is 19.8 Å². The van der Waals surface area contributed by atoms with Gasteiger partial charge in [-0.05, 0) is 31.0 Å². The van der Waals surface area contributed by atoms with E-state index >= 15 is 0 Å². The number of likely N-dealkylation sites (tertiary alicyclic amines) is 1.